The van der Waals surface area contributed by atoms with Crippen molar-refractivity contribution in [3.8, 4) is 0 Å². The van der Waals surface area contributed by atoms with Gasteiger partial charge in [0, 0.05) is 6.42 Å². The fourth-order valence-corrected chi connectivity index (χ4v) is 2.21. The van der Waals surface area contributed by atoms with Crippen LogP contribution >= 0.6 is 0 Å². The summed E-state index contributed by atoms with van der Waals surface area (Å²) in [5, 5.41) is 9.99. The van der Waals surface area contributed by atoms with Gasteiger partial charge in [0.05, 0.1) is 18.8 Å². The van der Waals surface area contributed by atoms with Crippen molar-refractivity contribution in [1.29, 1.82) is 0 Å². The molecule has 2 rings (SSSR count). The minimum absolute atomic E-state index is 0.0729. The molecule has 2 aliphatic heterocycles. The Bertz CT molecular complexity index is 220. The average Bonchev–Trinajstić information content (AvgIpc) is 2.08. The van der Waals surface area contributed by atoms with Gasteiger partial charge in [0.15, 0.2) is 6.29 Å². The lowest BCUT2D eigenvalue weighted by Gasteiger charge is -2.50. The van der Waals surface area contributed by atoms with Crippen LogP contribution < -0.4 is 0 Å². The fraction of sp³-hybridized carbons (Fsp3) is 1.00. The van der Waals surface area contributed by atoms with Crippen molar-refractivity contribution in [3.63, 3.8) is 0 Å². The average molecular weight is 202 g/mol. The smallest absolute Gasteiger partial charge is 0.155 e. The zero-order chi connectivity index (χ0) is 10.3. The van der Waals surface area contributed by atoms with E-state index >= 15 is 0 Å². The monoisotopic (exact) mass is 202 g/mol. The molecule has 0 spiro atoms. The van der Waals surface area contributed by atoms with Crippen LogP contribution in [0.2, 0.25) is 0 Å². The van der Waals surface area contributed by atoms with Gasteiger partial charge < -0.3 is 19.3 Å². The van der Waals surface area contributed by atoms with E-state index in [1.165, 1.54) is 0 Å². The van der Waals surface area contributed by atoms with Gasteiger partial charge >= 0.3 is 0 Å². The Morgan fingerprint density at radius 2 is 2.07 bits per heavy atom. The molecule has 4 nitrogen and oxygen atoms in total. The summed E-state index contributed by atoms with van der Waals surface area (Å²) >= 11 is 0. The topological polar surface area (TPSA) is 47.9 Å². The van der Waals surface area contributed by atoms with Crippen molar-refractivity contribution in [2.45, 2.75) is 57.4 Å². The van der Waals surface area contributed by atoms with Crippen LogP contribution in [0.5, 0.6) is 0 Å². The Morgan fingerprint density at radius 3 is 2.79 bits per heavy atom. The maximum Gasteiger partial charge on any atom is 0.155 e. The molecule has 0 aromatic heterocycles. The summed E-state index contributed by atoms with van der Waals surface area (Å²) in [4.78, 5) is 0. The van der Waals surface area contributed by atoms with E-state index in [-0.39, 0.29) is 18.5 Å². The van der Waals surface area contributed by atoms with Gasteiger partial charge in [0.2, 0.25) is 0 Å². The summed E-state index contributed by atoms with van der Waals surface area (Å²) in [5.74, 6) is 0. The number of hydrogen-bond donors (Lipinski definition) is 1. The van der Waals surface area contributed by atoms with Crippen LogP contribution in [0.25, 0.3) is 0 Å². The summed E-state index contributed by atoms with van der Waals surface area (Å²) in [6.45, 7) is 6.19. The highest BCUT2D eigenvalue weighted by Crippen LogP contribution is 2.36. The molecule has 0 aromatic carbocycles. The van der Waals surface area contributed by atoms with Gasteiger partial charge in [-0.05, 0) is 20.8 Å². The van der Waals surface area contributed by atoms with Crippen LogP contribution in [0, 0.1) is 0 Å². The first-order valence-electron chi connectivity index (χ1n) is 5.15. The zero-order valence-electron chi connectivity index (χ0n) is 8.90. The van der Waals surface area contributed by atoms with Crippen molar-refractivity contribution >= 4 is 0 Å². The molecule has 4 heteroatoms. The first kappa shape index (κ1) is 10.4. The maximum atomic E-state index is 9.99. The van der Waals surface area contributed by atoms with E-state index in [4.69, 9.17) is 14.2 Å². The molecule has 0 bridgehead atoms. The third-order valence-corrected chi connectivity index (χ3v) is 3.15. The molecule has 14 heavy (non-hydrogen) atoms. The quantitative estimate of drug-likeness (QED) is 0.627. The van der Waals surface area contributed by atoms with Gasteiger partial charge in [0.25, 0.3) is 0 Å². The normalized spacial score (nSPS) is 54.0. The third kappa shape index (κ3) is 1.56. The third-order valence-electron chi connectivity index (χ3n) is 3.15. The largest absolute Gasteiger partial charge is 0.390 e. The minimum atomic E-state index is -0.607. The molecule has 2 heterocycles. The molecule has 2 aliphatic rings. The lowest BCUT2D eigenvalue weighted by Crippen LogP contribution is -2.63. The van der Waals surface area contributed by atoms with E-state index in [0.29, 0.717) is 13.0 Å². The minimum Gasteiger partial charge on any atom is -0.390 e. The Balaban J connectivity index is 2.16. The van der Waals surface area contributed by atoms with Crippen molar-refractivity contribution in [2.75, 3.05) is 6.61 Å². The second kappa shape index (κ2) is 3.45. The molecule has 0 amide bonds. The van der Waals surface area contributed by atoms with Crippen molar-refractivity contribution in [1.82, 2.24) is 0 Å². The van der Waals surface area contributed by atoms with Gasteiger partial charge in [-0.25, -0.2) is 0 Å². The highest BCUT2D eigenvalue weighted by atomic mass is 16.7. The van der Waals surface area contributed by atoms with Crippen LogP contribution in [-0.2, 0) is 14.2 Å². The Hall–Kier alpha value is -0.160. The number of hydrogen-bond acceptors (Lipinski definition) is 4. The lowest BCUT2D eigenvalue weighted by atomic mass is 9.85. The molecular weight excluding hydrogens is 184 g/mol. The predicted molar refractivity (Wildman–Crippen MR) is 49.9 cm³/mol. The van der Waals surface area contributed by atoms with Crippen LogP contribution in [0.15, 0.2) is 0 Å². The summed E-state index contributed by atoms with van der Waals surface area (Å²) in [6.07, 6.45) is -0.189. The predicted octanol–water partition coefficient (Wildman–Crippen LogP) is 0.676. The Kier molecular flexibility index (Phi) is 2.55. The van der Waals surface area contributed by atoms with Crippen molar-refractivity contribution in [3.05, 3.63) is 0 Å². The molecule has 5 atom stereocenters. The van der Waals surface area contributed by atoms with Crippen LogP contribution in [-0.4, -0.2) is 41.9 Å². The van der Waals surface area contributed by atoms with Gasteiger partial charge in [-0.15, -0.1) is 0 Å². The highest BCUT2D eigenvalue weighted by molar-refractivity contribution is 4.98. The summed E-state index contributed by atoms with van der Waals surface area (Å²) in [5.41, 5.74) is -0.607. The van der Waals surface area contributed by atoms with Gasteiger partial charge in [0.1, 0.15) is 11.7 Å². The molecule has 0 radical (unpaired) electrons. The van der Waals surface area contributed by atoms with E-state index < -0.39 is 11.7 Å². The molecule has 82 valence electrons. The van der Waals surface area contributed by atoms with Crippen LogP contribution in [0.3, 0.4) is 0 Å². The molecule has 0 saturated carbocycles. The van der Waals surface area contributed by atoms with Crippen molar-refractivity contribution in [2.24, 2.45) is 0 Å². The number of fused-ring (bicyclic) bond motifs is 1. The maximum absolute atomic E-state index is 9.99. The van der Waals surface area contributed by atoms with E-state index in [2.05, 4.69) is 0 Å². The second-order valence-electron chi connectivity index (χ2n) is 4.39. The molecule has 2 saturated heterocycles. The van der Waals surface area contributed by atoms with Gasteiger partial charge in [-0.2, -0.15) is 0 Å². The molecule has 5 unspecified atom stereocenters. The Labute approximate surface area is 84.1 Å². The fourth-order valence-electron chi connectivity index (χ4n) is 2.21. The number of aliphatic hydroxyl groups excluding tert-OH is 1. The van der Waals surface area contributed by atoms with Crippen molar-refractivity contribution < 1.29 is 19.3 Å². The second-order valence-corrected chi connectivity index (χ2v) is 4.39. The SMILES string of the molecule is CC1CC(O)C2(C)OC(C)OCC2O1. The number of rotatable bonds is 0. The Morgan fingerprint density at radius 1 is 1.36 bits per heavy atom. The molecule has 2 fully saturated rings. The highest BCUT2D eigenvalue weighted by Gasteiger charge is 2.51. The first-order chi connectivity index (χ1) is 6.52. The summed E-state index contributed by atoms with van der Waals surface area (Å²) < 4.78 is 16.7. The van der Waals surface area contributed by atoms with E-state index in [0.717, 1.165) is 0 Å². The number of aliphatic hydroxyl groups is 1. The van der Waals surface area contributed by atoms with Crippen LogP contribution in [0.1, 0.15) is 27.2 Å². The van der Waals surface area contributed by atoms with E-state index in [1.54, 1.807) is 0 Å². The molecule has 0 aliphatic carbocycles. The van der Waals surface area contributed by atoms with E-state index in [9.17, 15) is 5.11 Å². The van der Waals surface area contributed by atoms with Gasteiger partial charge in [-0.3, -0.25) is 0 Å². The first-order valence-corrected chi connectivity index (χ1v) is 5.15. The zero-order valence-corrected chi connectivity index (χ0v) is 8.90. The number of ether oxygens (including phenoxy) is 3. The van der Waals surface area contributed by atoms with Crippen LogP contribution in [0.4, 0.5) is 0 Å². The lowest BCUT2D eigenvalue weighted by molar-refractivity contribution is -0.341. The summed E-state index contributed by atoms with van der Waals surface area (Å²) in [6, 6.07) is 0. The molecular formula is C10H18O4. The van der Waals surface area contributed by atoms with Gasteiger partial charge in [-0.1, -0.05) is 0 Å². The van der Waals surface area contributed by atoms with E-state index in [1.807, 2.05) is 20.8 Å². The molecule has 0 aromatic rings. The summed E-state index contributed by atoms with van der Waals surface area (Å²) in [7, 11) is 0. The standard InChI is InChI=1S/C10H18O4/c1-6-4-8(11)10(3)9(13-6)5-12-7(2)14-10/h6-9,11H,4-5H2,1-3H3. The molecule has 1 N–H and O–H groups in total.